The first-order valence-corrected chi connectivity index (χ1v) is 9.31. The Morgan fingerprint density at radius 3 is 3.00 bits per heavy atom. The second-order valence-electron chi connectivity index (χ2n) is 6.11. The smallest absolute Gasteiger partial charge is 0.283 e. The van der Waals surface area contributed by atoms with Gasteiger partial charge < -0.3 is 5.11 Å². The second kappa shape index (κ2) is 6.28. The van der Waals surface area contributed by atoms with E-state index in [1.54, 1.807) is 30.4 Å². The van der Waals surface area contributed by atoms with Crippen LogP contribution < -0.4 is 5.56 Å². The molecule has 0 spiro atoms. The van der Waals surface area contributed by atoms with E-state index in [9.17, 15) is 9.90 Å². The van der Waals surface area contributed by atoms with E-state index in [1.165, 1.54) is 28.3 Å². The molecule has 0 fully saturated rings. The summed E-state index contributed by atoms with van der Waals surface area (Å²) < 4.78 is 1.30. The molecule has 0 unspecified atom stereocenters. The number of phenolic OH excluding ortho intramolecular Hbond substituents is 1. The van der Waals surface area contributed by atoms with Crippen molar-refractivity contribution in [3.8, 4) is 5.75 Å². The van der Waals surface area contributed by atoms with Gasteiger partial charge in [-0.3, -0.25) is 4.79 Å². The van der Waals surface area contributed by atoms with Gasteiger partial charge in [0.1, 0.15) is 16.4 Å². The average Bonchev–Trinajstić information content (AvgIpc) is 2.95. The van der Waals surface area contributed by atoms with Crippen LogP contribution in [0.25, 0.3) is 10.2 Å². The van der Waals surface area contributed by atoms with Gasteiger partial charge in [-0.05, 0) is 56.4 Å². The molecule has 0 radical (unpaired) electrons. The lowest BCUT2D eigenvalue weighted by atomic mass is 9.97. The molecular weight excluding hydrogens is 358 g/mol. The van der Waals surface area contributed by atoms with Gasteiger partial charge >= 0.3 is 0 Å². The highest BCUT2D eigenvalue weighted by atomic mass is 35.5. The third-order valence-electron chi connectivity index (χ3n) is 4.43. The highest BCUT2D eigenvalue weighted by Crippen LogP contribution is 2.33. The maximum absolute atomic E-state index is 13.0. The summed E-state index contributed by atoms with van der Waals surface area (Å²) in [6.07, 6.45) is 5.65. The van der Waals surface area contributed by atoms with Crippen LogP contribution in [0.15, 0.2) is 28.1 Å². The van der Waals surface area contributed by atoms with Gasteiger partial charge in [-0.1, -0.05) is 11.6 Å². The molecule has 3 aromatic rings. The van der Waals surface area contributed by atoms with Crippen molar-refractivity contribution in [2.45, 2.75) is 32.6 Å². The number of aromatic hydroxyl groups is 1. The molecular formula is C18H16ClN3O2S. The van der Waals surface area contributed by atoms with Crippen LogP contribution in [-0.4, -0.2) is 21.0 Å². The van der Waals surface area contributed by atoms with Gasteiger partial charge in [-0.2, -0.15) is 9.78 Å². The average molecular weight is 374 g/mol. The van der Waals surface area contributed by atoms with Crippen LogP contribution in [0.5, 0.6) is 5.75 Å². The van der Waals surface area contributed by atoms with Crippen molar-refractivity contribution in [3.05, 3.63) is 55.4 Å². The summed E-state index contributed by atoms with van der Waals surface area (Å²) in [5.41, 5.74) is 1.43. The number of thiophene rings is 1. The summed E-state index contributed by atoms with van der Waals surface area (Å²) in [6, 6.07) is 4.69. The molecule has 5 nitrogen and oxygen atoms in total. The van der Waals surface area contributed by atoms with Crippen molar-refractivity contribution in [1.29, 1.82) is 0 Å². The summed E-state index contributed by atoms with van der Waals surface area (Å²) >= 11 is 7.57. The molecule has 1 aromatic carbocycles. The van der Waals surface area contributed by atoms with Crippen molar-refractivity contribution in [2.24, 2.45) is 5.10 Å². The molecule has 0 amide bonds. The first-order chi connectivity index (χ1) is 12.0. The van der Waals surface area contributed by atoms with Crippen LogP contribution in [0, 0.1) is 6.92 Å². The number of rotatable bonds is 2. The van der Waals surface area contributed by atoms with Crippen LogP contribution in [0.3, 0.4) is 0 Å². The zero-order chi connectivity index (χ0) is 17.6. The number of hydrogen-bond acceptors (Lipinski definition) is 5. The number of aromatic nitrogens is 2. The second-order valence-corrected chi connectivity index (χ2v) is 7.63. The fourth-order valence-corrected chi connectivity index (χ4v) is 4.66. The zero-order valence-corrected chi connectivity index (χ0v) is 15.2. The molecule has 2 heterocycles. The van der Waals surface area contributed by atoms with E-state index in [1.807, 2.05) is 0 Å². The van der Waals surface area contributed by atoms with Gasteiger partial charge in [0.2, 0.25) is 0 Å². The molecule has 0 saturated heterocycles. The normalized spacial score (nSPS) is 14.3. The maximum Gasteiger partial charge on any atom is 0.283 e. The molecule has 7 heteroatoms. The fourth-order valence-electron chi connectivity index (χ4n) is 3.18. The molecule has 0 saturated carbocycles. The van der Waals surface area contributed by atoms with E-state index >= 15 is 0 Å². The summed E-state index contributed by atoms with van der Waals surface area (Å²) in [5.74, 6) is 0.578. The van der Waals surface area contributed by atoms with E-state index in [-0.39, 0.29) is 11.3 Å². The number of nitrogens with zero attached hydrogens (tertiary/aromatic N) is 3. The van der Waals surface area contributed by atoms with Gasteiger partial charge in [0.25, 0.3) is 5.56 Å². The van der Waals surface area contributed by atoms with Crippen molar-refractivity contribution < 1.29 is 5.11 Å². The van der Waals surface area contributed by atoms with E-state index in [4.69, 9.17) is 11.6 Å². The van der Waals surface area contributed by atoms with Gasteiger partial charge in [0.15, 0.2) is 0 Å². The van der Waals surface area contributed by atoms with Gasteiger partial charge in [-0.15, -0.1) is 11.3 Å². The molecule has 2 aromatic heterocycles. The number of halogens is 1. The van der Waals surface area contributed by atoms with Crippen LogP contribution in [0.1, 0.15) is 34.7 Å². The highest BCUT2D eigenvalue weighted by Gasteiger charge is 2.21. The highest BCUT2D eigenvalue weighted by molar-refractivity contribution is 7.18. The SMILES string of the molecule is Cc1nc2sc3c(c2c(=O)n1/N=C\c1cc(Cl)ccc1O)CCCC3. The van der Waals surface area contributed by atoms with Gasteiger partial charge in [0.05, 0.1) is 11.6 Å². The van der Waals surface area contributed by atoms with Gasteiger partial charge in [0, 0.05) is 15.5 Å². The molecule has 128 valence electrons. The van der Waals surface area contributed by atoms with Crippen molar-refractivity contribution in [2.75, 3.05) is 0 Å². The van der Waals surface area contributed by atoms with Crippen LogP contribution >= 0.6 is 22.9 Å². The molecule has 1 aliphatic rings. The van der Waals surface area contributed by atoms with E-state index in [0.29, 0.717) is 21.8 Å². The minimum atomic E-state index is -0.153. The molecule has 4 rings (SSSR count). The van der Waals surface area contributed by atoms with Gasteiger partial charge in [-0.25, -0.2) is 4.98 Å². The maximum atomic E-state index is 13.0. The zero-order valence-electron chi connectivity index (χ0n) is 13.6. The summed E-state index contributed by atoms with van der Waals surface area (Å²) in [6.45, 7) is 1.76. The number of fused-ring (bicyclic) bond motifs is 3. The molecule has 1 N–H and O–H groups in total. The van der Waals surface area contributed by atoms with E-state index in [2.05, 4.69) is 10.1 Å². The predicted molar refractivity (Wildman–Crippen MR) is 101 cm³/mol. The number of phenols is 1. The third-order valence-corrected chi connectivity index (χ3v) is 5.85. The summed E-state index contributed by atoms with van der Waals surface area (Å²) in [4.78, 5) is 19.6. The summed E-state index contributed by atoms with van der Waals surface area (Å²) in [5, 5.41) is 15.3. The van der Waals surface area contributed by atoms with E-state index in [0.717, 1.165) is 29.7 Å². The Kier molecular flexibility index (Phi) is 4.09. The Balaban J connectivity index is 1.86. The minimum absolute atomic E-state index is 0.0563. The first-order valence-electron chi connectivity index (χ1n) is 8.11. The first kappa shape index (κ1) is 16.3. The minimum Gasteiger partial charge on any atom is -0.507 e. The van der Waals surface area contributed by atoms with Crippen LogP contribution in [0.4, 0.5) is 0 Å². The van der Waals surface area contributed by atoms with Crippen LogP contribution in [0.2, 0.25) is 5.02 Å². The lowest BCUT2D eigenvalue weighted by Crippen LogP contribution is -2.21. The van der Waals surface area contributed by atoms with Crippen molar-refractivity contribution >= 4 is 39.4 Å². The standard InChI is InChI=1S/C18H16ClN3O2S/c1-10-21-17-16(13-4-2-3-5-15(13)25-17)18(24)22(10)20-9-11-8-12(19)6-7-14(11)23/h6-9,23H,2-5H2,1H3/b20-9-. The third kappa shape index (κ3) is 2.85. The lowest BCUT2D eigenvalue weighted by molar-refractivity contribution is 0.474. The summed E-state index contributed by atoms with van der Waals surface area (Å²) in [7, 11) is 0. The number of benzene rings is 1. The molecule has 1 aliphatic carbocycles. The number of aryl methyl sites for hydroxylation is 3. The van der Waals surface area contributed by atoms with Crippen molar-refractivity contribution in [3.63, 3.8) is 0 Å². The largest absolute Gasteiger partial charge is 0.507 e. The fraction of sp³-hybridized carbons (Fsp3) is 0.278. The topological polar surface area (TPSA) is 67.5 Å². The van der Waals surface area contributed by atoms with E-state index < -0.39 is 0 Å². The lowest BCUT2D eigenvalue weighted by Gasteiger charge is -2.10. The number of hydrogen-bond donors (Lipinski definition) is 1. The van der Waals surface area contributed by atoms with Crippen LogP contribution in [-0.2, 0) is 12.8 Å². The Morgan fingerprint density at radius 2 is 2.16 bits per heavy atom. The Morgan fingerprint density at radius 1 is 1.36 bits per heavy atom. The molecule has 0 bridgehead atoms. The Labute approximate surface area is 153 Å². The molecule has 0 atom stereocenters. The predicted octanol–water partition coefficient (Wildman–Crippen LogP) is 3.89. The quantitative estimate of drug-likeness (QED) is 0.693. The Hall–Kier alpha value is -2.18. The monoisotopic (exact) mass is 373 g/mol. The Bertz CT molecular complexity index is 1070. The van der Waals surface area contributed by atoms with Crippen molar-refractivity contribution in [1.82, 2.24) is 9.66 Å². The molecule has 0 aliphatic heterocycles. The molecule has 25 heavy (non-hydrogen) atoms.